The van der Waals surface area contributed by atoms with E-state index >= 15 is 0 Å². The molecule has 0 radical (unpaired) electrons. The number of fused-ring (bicyclic) bond motifs is 1. The van der Waals surface area contributed by atoms with Gasteiger partial charge >= 0.3 is 5.97 Å². The van der Waals surface area contributed by atoms with Crippen molar-refractivity contribution in [2.24, 2.45) is 0 Å². The number of phenols is 1. The number of halogens is 3. The molecule has 10 heteroatoms. The molecular formula is C17H15Cl3N2O5. The molecule has 1 heterocycles. The lowest BCUT2D eigenvalue weighted by Gasteiger charge is -2.36. The molecule has 2 amide bonds. The van der Waals surface area contributed by atoms with Crippen LogP contribution in [0.15, 0.2) is 18.2 Å². The lowest BCUT2D eigenvalue weighted by molar-refractivity contribution is -0.155. The fourth-order valence-corrected chi connectivity index (χ4v) is 3.19. The van der Waals surface area contributed by atoms with E-state index in [1.165, 1.54) is 18.2 Å². The number of esters is 1. The summed E-state index contributed by atoms with van der Waals surface area (Å²) in [6.07, 6.45) is -0.193. The van der Waals surface area contributed by atoms with Gasteiger partial charge in [0.15, 0.2) is 5.54 Å². The number of amides is 2. The molecular weight excluding hydrogens is 419 g/mol. The van der Waals surface area contributed by atoms with Crippen molar-refractivity contribution in [1.29, 1.82) is 5.26 Å². The summed E-state index contributed by atoms with van der Waals surface area (Å²) in [6.45, 7) is 1.09. The summed E-state index contributed by atoms with van der Waals surface area (Å²) in [4.78, 5) is 39.3. The second-order valence-electron chi connectivity index (χ2n) is 5.95. The van der Waals surface area contributed by atoms with Gasteiger partial charge in [-0.25, -0.2) is 4.79 Å². The van der Waals surface area contributed by atoms with E-state index in [4.69, 9.17) is 39.5 Å². The largest absolute Gasteiger partial charge is 0.507 e. The molecule has 0 spiro atoms. The average Bonchev–Trinajstić information content (AvgIpc) is 2.84. The van der Waals surface area contributed by atoms with Crippen LogP contribution in [-0.4, -0.2) is 43.7 Å². The molecule has 1 aliphatic heterocycles. The standard InChI is InChI=1S/C17H15Cl3N2O5/c1-2-6-16(7-8-21,15(26)27-9-17(18,19)20)22-13(24)10-4-3-5-11(23)12(10)14(22)25/h3-5,23H,2,6-7,9H2,1H3. The molecule has 0 fully saturated rings. The van der Waals surface area contributed by atoms with Gasteiger partial charge < -0.3 is 9.84 Å². The highest BCUT2D eigenvalue weighted by Crippen LogP contribution is 2.39. The second kappa shape index (κ2) is 7.93. The summed E-state index contributed by atoms with van der Waals surface area (Å²) in [6, 6.07) is 5.82. The number of carbonyl (C=O) groups excluding carboxylic acids is 3. The number of alkyl halides is 3. The number of hydrogen-bond acceptors (Lipinski definition) is 6. The van der Waals surface area contributed by atoms with Gasteiger partial charge in [-0.05, 0) is 18.6 Å². The van der Waals surface area contributed by atoms with Gasteiger partial charge in [0.05, 0.1) is 23.6 Å². The minimum absolute atomic E-state index is 0.0362. The zero-order chi connectivity index (χ0) is 20.4. The molecule has 1 N–H and O–H groups in total. The Kier molecular flexibility index (Phi) is 6.25. The number of benzene rings is 1. The normalized spacial score (nSPS) is 15.9. The number of carbonyl (C=O) groups is 3. The van der Waals surface area contributed by atoms with E-state index in [-0.39, 0.29) is 17.5 Å². The zero-order valence-electron chi connectivity index (χ0n) is 14.2. The van der Waals surface area contributed by atoms with E-state index in [1.807, 2.05) is 6.07 Å². The van der Waals surface area contributed by atoms with Crippen LogP contribution in [0.1, 0.15) is 46.9 Å². The van der Waals surface area contributed by atoms with E-state index in [0.717, 1.165) is 0 Å². The number of aromatic hydroxyl groups is 1. The fourth-order valence-electron chi connectivity index (χ4n) is 3.03. The maximum Gasteiger partial charge on any atom is 0.333 e. The first-order chi connectivity index (χ1) is 12.6. The maximum atomic E-state index is 12.9. The van der Waals surface area contributed by atoms with Crippen molar-refractivity contribution in [2.75, 3.05) is 6.61 Å². The molecule has 1 aromatic rings. The first-order valence-electron chi connectivity index (χ1n) is 7.91. The van der Waals surface area contributed by atoms with Crippen LogP contribution in [-0.2, 0) is 9.53 Å². The van der Waals surface area contributed by atoms with Crippen molar-refractivity contribution >= 4 is 52.6 Å². The number of imide groups is 1. The van der Waals surface area contributed by atoms with Gasteiger partial charge in [-0.2, -0.15) is 5.26 Å². The smallest absolute Gasteiger partial charge is 0.333 e. The molecule has 7 nitrogen and oxygen atoms in total. The summed E-state index contributed by atoms with van der Waals surface area (Å²) in [5.74, 6) is -3.13. The van der Waals surface area contributed by atoms with Crippen molar-refractivity contribution in [3.05, 3.63) is 29.3 Å². The van der Waals surface area contributed by atoms with E-state index in [2.05, 4.69) is 0 Å². The molecule has 0 saturated heterocycles. The fraction of sp³-hybridized carbons (Fsp3) is 0.412. The van der Waals surface area contributed by atoms with Crippen molar-refractivity contribution in [3.63, 3.8) is 0 Å². The topological polar surface area (TPSA) is 108 Å². The Morgan fingerprint density at radius 3 is 2.48 bits per heavy atom. The van der Waals surface area contributed by atoms with Crippen LogP contribution < -0.4 is 0 Å². The first kappa shape index (κ1) is 21.3. The van der Waals surface area contributed by atoms with Gasteiger partial charge in [0.2, 0.25) is 3.79 Å². The van der Waals surface area contributed by atoms with E-state index < -0.39 is 45.9 Å². The van der Waals surface area contributed by atoms with Crippen LogP contribution in [0.25, 0.3) is 0 Å². The van der Waals surface area contributed by atoms with E-state index in [1.54, 1.807) is 6.92 Å². The van der Waals surface area contributed by atoms with Crippen LogP contribution in [0, 0.1) is 11.3 Å². The third kappa shape index (κ3) is 3.98. The third-order valence-corrected chi connectivity index (χ3v) is 4.43. The van der Waals surface area contributed by atoms with Gasteiger partial charge in [-0.1, -0.05) is 54.2 Å². The summed E-state index contributed by atoms with van der Waals surface area (Å²) in [5, 5.41) is 19.3. The highest BCUT2D eigenvalue weighted by atomic mass is 35.6. The number of ether oxygens (including phenoxy) is 1. The lowest BCUT2D eigenvalue weighted by atomic mass is 9.88. The number of nitrogens with zero attached hydrogens (tertiary/aromatic N) is 2. The van der Waals surface area contributed by atoms with Crippen LogP contribution in [0.4, 0.5) is 0 Å². The van der Waals surface area contributed by atoms with Crippen LogP contribution >= 0.6 is 34.8 Å². The molecule has 0 aliphatic carbocycles. The Balaban J connectivity index is 2.53. The SMILES string of the molecule is CCCC(CC#N)(C(=O)OCC(Cl)(Cl)Cl)N1C(=O)c2cccc(O)c2C1=O. The van der Waals surface area contributed by atoms with Crippen molar-refractivity contribution in [2.45, 2.75) is 35.5 Å². The van der Waals surface area contributed by atoms with Gasteiger partial charge in [0.25, 0.3) is 11.8 Å². The maximum absolute atomic E-state index is 12.9. The van der Waals surface area contributed by atoms with Gasteiger partial charge in [0, 0.05) is 0 Å². The molecule has 0 bridgehead atoms. The number of nitriles is 1. The van der Waals surface area contributed by atoms with E-state index in [0.29, 0.717) is 11.3 Å². The predicted octanol–water partition coefficient (Wildman–Crippen LogP) is 3.35. The van der Waals surface area contributed by atoms with E-state index in [9.17, 15) is 24.8 Å². The second-order valence-corrected chi connectivity index (χ2v) is 8.47. The Bertz CT molecular complexity index is 831. The van der Waals surface area contributed by atoms with Crippen molar-refractivity contribution in [1.82, 2.24) is 4.90 Å². The molecule has 144 valence electrons. The molecule has 1 aromatic carbocycles. The minimum atomic E-state index is -1.90. The molecule has 27 heavy (non-hydrogen) atoms. The minimum Gasteiger partial charge on any atom is -0.507 e. The summed E-state index contributed by atoms with van der Waals surface area (Å²) in [5.41, 5.74) is -2.19. The number of rotatable bonds is 6. The molecule has 1 unspecified atom stereocenters. The van der Waals surface area contributed by atoms with Crippen LogP contribution in [0.2, 0.25) is 0 Å². The third-order valence-electron chi connectivity index (χ3n) is 4.10. The highest BCUT2D eigenvalue weighted by molar-refractivity contribution is 6.67. The van der Waals surface area contributed by atoms with Gasteiger partial charge in [0.1, 0.15) is 12.4 Å². The summed E-state index contributed by atoms with van der Waals surface area (Å²) >= 11 is 16.8. The Hall–Kier alpha value is -2.01. The number of phenolic OH excluding ortho intramolecular Hbond substituents is 1. The first-order valence-corrected chi connectivity index (χ1v) is 9.04. The molecule has 2 rings (SSSR count). The Morgan fingerprint density at radius 1 is 1.30 bits per heavy atom. The van der Waals surface area contributed by atoms with Crippen molar-refractivity contribution in [3.8, 4) is 11.8 Å². The summed E-state index contributed by atoms with van der Waals surface area (Å²) < 4.78 is 3.12. The molecule has 1 aliphatic rings. The Labute approximate surface area is 170 Å². The highest BCUT2D eigenvalue weighted by Gasteiger charge is 2.55. The molecule has 1 atom stereocenters. The quantitative estimate of drug-likeness (QED) is 0.419. The Morgan fingerprint density at radius 2 is 1.96 bits per heavy atom. The van der Waals surface area contributed by atoms with Gasteiger partial charge in [-0.15, -0.1) is 0 Å². The average molecular weight is 434 g/mol. The van der Waals surface area contributed by atoms with Crippen LogP contribution in [0.5, 0.6) is 5.75 Å². The predicted molar refractivity (Wildman–Crippen MR) is 97.7 cm³/mol. The summed E-state index contributed by atoms with van der Waals surface area (Å²) in [7, 11) is 0. The van der Waals surface area contributed by atoms with Gasteiger partial charge in [-0.3, -0.25) is 14.5 Å². The number of hydrogen-bond donors (Lipinski definition) is 1. The van der Waals surface area contributed by atoms with Crippen LogP contribution in [0.3, 0.4) is 0 Å². The molecule has 0 aromatic heterocycles. The molecule has 0 saturated carbocycles. The monoisotopic (exact) mass is 432 g/mol. The van der Waals surface area contributed by atoms with Crippen molar-refractivity contribution < 1.29 is 24.2 Å². The lowest BCUT2D eigenvalue weighted by Crippen LogP contribution is -2.58. The zero-order valence-corrected chi connectivity index (χ0v) is 16.4.